The first kappa shape index (κ1) is 33.8. The summed E-state index contributed by atoms with van der Waals surface area (Å²) in [5.74, 6) is -0.794. The molecule has 12 heteroatoms. The van der Waals surface area contributed by atoms with E-state index in [2.05, 4.69) is 15.0 Å². The van der Waals surface area contributed by atoms with Gasteiger partial charge in [0.1, 0.15) is 11.3 Å². The summed E-state index contributed by atoms with van der Waals surface area (Å²) < 4.78 is 3.11. The van der Waals surface area contributed by atoms with Crippen LogP contribution < -0.4 is 16.9 Å². The fraction of sp³-hybridized carbons (Fsp3) is 0.150. The molecule has 0 fully saturated rings. The third kappa shape index (κ3) is 5.74. The lowest BCUT2D eigenvalue weighted by Gasteiger charge is -2.24. The number of hydrogen-bond acceptors (Lipinski definition) is 9. The van der Waals surface area contributed by atoms with Gasteiger partial charge in [-0.15, -0.1) is 0 Å². The van der Waals surface area contributed by atoms with Crippen LogP contribution in [0.25, 0.3) is 33.8 Å². The summed E-state index contributed by atoms with van der Waals surface area (Å²) in [7, 11) is 0. The smallest absolute Gasteiger partial charge is 0.267 e. The average Bonchev–Trinajstić information content (AvgIpc) is 3.40. The molecule has 1 aromatic carbocycles. The number of imide groups is 1. The predicted octanol–water partition coefficient (Wildman–Crippen LogP) is 5.51. The fourth-order valence-corrected chi connectivity index (χ4v) is 6.53. The number of aromatic nitrogens is 6. The molecule has 0 saturated carbocycles. The summed E-state index contributed by atoms with van der Waals surface area (Å²) in [6.45, 7) is 7.23. The van der Waals surface area contributed by atoms with Crippen LogP contribution in [0.5, 0.6) is 0 Å². The third-order valence-corrected chi connectivity index (χ3v) is 9.03. The van der Waals surface area contributed by atoms with Gasteiger partial charge in [-0.2, -0.15) is 0 Å². The van der Waals surface area contributed by atoms with Gasteiger partial charge >= 0.3 is 0 Å². The number of rotatable bonds is 5. The first-order valence-electron chi connectivity index (χ1n) is 16.7. The van der Waals surface area contributed by atoms with E-state index in [4.69, 9.17) is 10.7 Å². The molecule has 0 saturated heterocycles. The zero-order valence-electron chi connectivity index (χ0n) is 28.9. The van der Waals surface area contributed by atoms with Crippen molar-refractivity contribution >= 4 is 23.1 Å². The van der Waals surface area contributed by atoms with E-state index in [1.165, 1.54) is 9.30 Å². The summed E-state index contributed by atoms with van der Waals surface area (Å²) in [4.78, 5) is 71.7. The average molecular weight is 691 g/mol. The van der Waals surface area contributed by atoms with Gasteiger partial charge in [-0.05, 0) is 88.4 Å². The molecule has 1 aliphatic rings. The van der Waals surface area contributed by atoms with Crippen LogP contribution in [-0.2, 0) is 0 Å². The quantitative estimate of drug-likeness (QED) is 0.230. The Bertz CT molecular complexity index is 2600. The SMILES string of the molecule is Cc1cccc2nc(C(C)N)c(-c3ccccn3)c(=O)n12.Cc1cccc2nc(C(C)N3C(=O)c4ccccc4C3=O)c(-c3ccccn3)c(=O)n12. The Balaban J connectivity index is 0.000000175. The van der Waals surface area contributed by atoms with Gasteiger partial charge in [0, 0.05) is 29.8 Å². The molecule has 12 nitrogen and oxygen atoms in total. The topological polar surface area (TPSA) is 158 Å². The monoisotopic (exact) mass is 690 g/mol. The normalized spacial score (nSPS) is 13.5. The van der Waals surface area contributed by atoms with Crippen molar-refractivity contribution in [2.75, 3.05) is 0 Å². The van der Waals surface area contributed by atoms with Crippen molar-refractivity contribution in [2.24, 2.45) is 5.73 Å². The first-order valence-corrected chi connectivity index (χ1v) is 16.7. The molecule has 2 N–H and O–H groups in total. The summed E-state index contributed by atoms with van der Waals surface area (Å²) in [5, 5.41) is 0. The van der Waals surface area contributed by atoms with Crippen molar-refractivity contribution in [3.8, 4) is 22.5 Å². The minimum atomic E-state index is -0.761. The molecular weight excluding hydrogens is 656 g/mol. The molecule has 0 spiro atoms. The Morgan fingerprint density at radius 1 is 0.558 bits per heavy atom. The van der Waals surface area contributed by atoms with Crippen molar-refractivity contribution < 1.29 is 9.59 Å². The molecule has 2 atom stereocenters. The molecule has 52 heavy (non-hydrogen) atoms. The Morgan fingerprint density at radius 2 is 1.00 bits per heavy atom. The van der Waals surface area contributed by atoms with E-state index >= 15 is 0 Å². The van der Waals surface area contributed by atoms with Gasteiger partial charge in [-0.1, -0.05) is 36.4 Å². The Hall–Kier alpha value is -6.66. The van der Waals surface area contributed by atoms with Crippen molar-refractivity contribution in [1.82, 2.24) is 33.6 Å². The van der Waals surface area contributed by atoms with Crippen LogP contribution in [0.1, 0.15) is 69.4 Å². The number of benzene rings is 1. The van der Waals surface area contributed by atoms with Crippen molar-refractivity contribution in [3.63, 3.8) is 0 Å². The second-order valence-corrected chi connectivity index (χ2v) is 12.5. The van der Waals surface area contributed by atoms with E-state index in [0.29, 0.717) is 50.8 Å². The van der Waals surface area contributed by atoms with E-state index in [1.54, 1.807) is 78.3 Å². The zero-order chi connectivity index (χ0) is 36.7. The number of aryl methyl sites for hydroxylation is 2. The number of carbonyl (C=O) groups is 2. The lowest BCUT2D eigenvalue weighted by atomic mass is 10.0. The van der Waals surface area contributed by atoms with Gasteiger partial charge < -0.3 is 5.73 Å². The van der Waals surface area contributed by atoms with Crippen LogP contribution in [0, 0.1) is 13.8 Å². The maximum atomic E-state index is 13.6. The van der Waals surface area contributed by atoms with Crippen molar-refractivity contribution in [3.05, 3.63) is 164 Å². The van der Waals surface area contributed by atoms with Crippen LogP contribution in [0.2, 0.25) is 0 Å². The minimum absolute atomic E-state index is 0.135. The number of fused-ring (bicyclic) bond motifs is 3. The number of amides is 2. The number of pyridine rings is 4. The molecule has 8 rings (SSSR count). The van der Waals surface area contributed by atoms with Gasteiger partial charge in [-0.25, -0.2) is 9.97 Å². The summed E-state index contributed by atoms with van der Waals surface area (Å²) >= 11 is 0. The van der Waals surface area contributed by atoms with Gasteiger partial charge in [0.2, 0.25) is 0 Å². The minimum Gasteiger partial charge on any atom is -0.323 e. The highest BCUT2D eigenvalue weighted by Gasteiger charge is 2.40. The lowest BCUT2D eigenvalue weighted by Crippen LogP contribution is -2.35. The van der Waals surface area contributed by atoms with Crippen LogP contribution >= 0.6 is 0 Å². The molecule has 2 unspecified atom stereocenters. The lowest BCUT2D eigenvalue weighted by molar-refractivity contribution is 0.0592. The van der Waals surface area contributed by atoms with E-state index in [9.17, 15) is 19.2 Å². The molecule has 1 aliphatic heterocycles. The highest BCUT2D eigenvalue weighted by Crippen LogP contribution is 2.33. The molecule has 258 valence electrons. The van der Waals surface area contributed by atoms with Crippen LogP contribution in [0.4, 0.5) is 0 Å². The summed E-state index contributed by atoms with van der Waals surface area (Å²) in [6, 6.07) is 27.3. The maximum absolute atomic E-state index is 13.6. The standard InChI is InChI=1S/C24H18N4O3.C16H16N4O/c1-14-8-7-12-19-26-21(20(24(31)27(14)19)18-11-5-6-13-25-18)15(2)28-22(29)16-9-3-4-10-17(16)23(28)30;1-10-6-5-8-13-19-15(11(2)17)14(16(21)20(10)13)12-7-3-4-9-18-12/h3-13,15H,1-2H3;3-9,11H,17H2,1-2H3. The Labute approximate surface area is 297 Å². The summed E-state index contributed by atoms with van der Waals surface area (Å²) in [5.41, 5.74) is 11.6. The van der Waals surface area contributed by atoms with E-state index in [1.807, 2.05) is 63.2 Å². The molecular formula is C40H34N8O4. The number of hydrogen-bond donors (Lipinski definition) is 1. The van der Waals surface area contributed by atoms with Gasteiger partial charge in [0.05, 0.1) is 51.1 Å². The Kier molecular flexibility index (Phi) is 8.83. The molecule has 6 aromatic heterocycles. The first-order chi connectivity index (χ1) is 25.1. The van der Waals surface area contributed by atoms with E-state index < -0.39 is 17.9 Å². The molecule has 7 aromatic rings. The molecule has 0 radical (unpaired) electrons. The van der Waals surface area contributed by atoms with Crippen LogP contribution in [0.15, 0.2) is 119 Å². The highest BCUT2D eigenvalue weighted by atomic mass is 16.2. The van der Waals surface area contributed by atoms with Crippen LogP contribution in [-0.4, -0.2) is 45.5 Å². The van der Waals surface area contributed by atoms with Gasteiger partial charge in [0.15, 0.2) is 0 Å². The Morgan fingerprint density at radius 3 is 1.44 bits per heavy atom. The van der Waals surface area contributed by atoms with Crippen LogP contribution in [0.3, 0.4) is 0 Å². The maximum Gasteiger partial charge on any atom is 0.267 e. The number of nitrogens with two attached hydrogens (primary N) is 1. The molecule has 2 amide bonds. The largest absolute Gasteiger partial charge is 0.323 e. The molecule has 0 bridgehead atoms. The summed E-state index contributed by atoms with van der Waals surface area (Å²) in [6.07, 6.45) is 3.25. The predicted molar refractivity (Wildman–Crippen MR) is 197 cm³/mol. The zero-order valence-corrected chi connectivity index (χ0v) is 28.9. The second-order valence-electron chi connectivity index (χ2n) is 12.5. The number of carbonyl (C=O) groups excluding carboxylic acids is 2. The second kappa shape index (κ2) is 13.6. The van der Waals surface area contributed by atoms with E-state index in [0.717, 1.165) is 11.4 Å². The number of nitrogens with zero attached hydrogens (tertiary/aromatic N) is 7. The molecule has 7 heterocycles. The van der Waals surface area contributed by atoms with Crippen molar-refractivity contribution in [1.29, 1.82) is 0 Å². The van der Waals surface area contributed by atoms with Crippen molar-refractivity contribution in [2.45, 2.75) is 39.8 Å². The highest BCUT2D eigenvalue weighted by molar-refractivity contribution is 6.21. The van der Waals surface area contributed by atoms with Gasteiger partial charge in [0.25, 0.3) is 22.9 Å². The molecule has 0 aliphatic carbocycles. The van der Waals surface area contributed by atoms with Gasteiger partial charge in [-0.3, -0.25) is 42.8 Å². The van der Waals surface area contributed by atoms with E-state index in [-0.39, 0.29) is 22.7 Å². The fourth-order valence-electron chi connectivity index (χ4n) is 6.53. The third-order valence-electron chi connectivity index (χ3n) is 9.03.